The number of amides is 2. The van der Waals surface area contributed by atoms with Gasteiger partial charge in [0.05, 0.1) is 19.8 Å². The summed E-state index contributed by atoms with van der Waals surface area (Å²) in [5, 5.41) is 10.9. The molecule has 0 heterocycles. The van der Waals surface area contributed by atoms with E-state index in [0.29, 0.717) is 0 Å². The van der Waals surface area contributed by atoms with Crippen LogP contribution in [0.4, 0.5) is 18.4 Å². The smallest absolute Gasteiger partial charge is 0.409 e. The van der Waals surface area contributed by atoms with Gasteiger partial charge in [0.15, 0.2) is 0 Å². The molecule has 0 aliphatic heterocycles. The molecule has 2 N–H and O–H groups in total. The Bertz CT molecular complexity index is 309. The van der Waals surface area contributed by atoms with Crippen LogP contribution in [0, 0.1) is 0 Å². The normalized spacial score (nSPS) is 10.1. The Morgan fingerprint density at radius 3 is 2.32 bits per heavy atom. The Morgan fingerprint density at radius 1 is 1.00 bits per heavy atom. The molecule has 0 aromatic rings. The molecule has 0 aliphatic carbocycles. The topological polar surface area (TPSA) is 97.3 Å². The molecule has 22 heavy (non-hydrogen) atoms. The number of hydrogen-bond acceptors (Lipinski definition) is 6. The summed E-state index contributed by atoms with van der Waals surface area (Å²) in [5.74, 6) is 0. The average molecular weight is 328 g/mol. The van der Waals surface area contributed by atoms with Gasteiger partial charge in [-0.15, -0.1) is 0 Å². The van der Waals surface area contributed by atoms with E-state index in [9.17, 15) is 18.4 Å². The zero-order chi connectivity index (χ0) is 16.6. The molecule has 0 atom stereocenters. The maximum atomic E-state index is 12.0. The van der Waals surface area contributed by atoms with E-state index in [1.165, 1.54) is 4.90 Å². The van der Waals surface area contributed by atoms with Crippen LogP contribution in [-0.4, -0.2) is 88.2 Å². The van der Waals surface area contributed by atoms with Gasteiger partial charge in [-0.1, -0.05) is 0 Å². The van der Waals surface area contributed by atoms with Gasteiger partial charge in [-0.3, -0.25) is 0 Å². The molecule has 130 valence electrons. The third kappa shape index (κ3) is 11.0. The molecule has 0 fully saturated rings. The van der Waals surface area contributed by atoms with Crippen molar-refractivity contribution in [2.45, 2.75) is 0 Å². The van der Waals surface area contributed by atoms with Gasteiger partial charge in [-0.05, 0) is 0 Å². The lowest BCUT2D eigenvalue weighted by Crippen LogP contribution is -2.41. The lowest BCUT2D eigenvalue weighted by Gasteiger charge is -2.21. The monoisotopic (exact) mass is 328 g/mol. The number of ether oxygens (including phenoxy) is 3. The number of halogens is 2. The van der Waals surface area contributed by atoms with Gasteiger partial charge in [0.1, 0.15) is 26.6 Å². The maximum Gasteiger partial charge on any atom is 0.409 e. The Morgan fingerprint density at radius 2 is 1.68 bits per heavy atom. The molecule has 0 aromatic heterocycles. The largest absolute Gasteiger partial charge is 0.447 e. The van der Waals surface area contributed by atoms with Gasteiger partial charge in [-0.2, -0.15) is 0 Å². The molecule has 0 rings (SSSR count). The van der Waals surface area contributed by atoms with Crippen molar-refractivity contribution in [1.82, 2.24) is 10.2 Å². The highest BCUT2D eigenvalue weighted by Crippen LogP contribution is 1.95. The van der Waals surface area contributed by atoms with Crippen LogP contribution in [0.25, 0.3) is 0 Å². The minimum absolute atomic E-state index is 0.0514. The molecule has 10 heteroatoms. The third-order valence-corrected chi connectivity index (χ3v) is 2.26. The Balaban J connectivity index is 4.09. The number of carbonyl (C=O) groups excluding carboxylic acids is 2. The summed E-state index contributed by atoms with van der Waals surface area (Å²) in [6.45, 7) is -1.87. The number of carbonyl (C=O) groups is 2. The summed E-state index contributed by atoms with van der Waals surface area (Å²) in [4.78, 5) is 24.0. The minimum Gasteiger partial charge on any atom is -0.447 e. The lowest BCUT2D eigenvalue weighted by atomic mass is 10.5. The predicted molar refractivity (Wildman–Crippen MR) is 72.1 cm³/mol. The number of aliphatic hydroxyl groups excluding tert-OH is 1. The first kappa shape index (κ1) is 20.3. The number of rotatable bonds is 12. The molecule has 0 bridgehead atoms. The molecule has 0 saturated heterocycles. The molecule has 0 saturated carbocycles. The molecule has 8 nitrogen and oxygen atoms in total. The fourth-order valence-electron chi connectivity index (χ4n) is 1.33. The number of nitrogens with zero attached hydrogens (tertiary/aromatic N) is 1. The van der Waals surface area contributed by atoms with Crippen LogP contribution in [0.1, 0.15) is 0 Å². The summed E-state index contributed by atoms with van der Waals surface area (Å²) in [6.07, 6.45) is -1.55. The summed E-state index contributed by atoms with van der Waals surface area (Å²) in [6, 6.07) is 0. The highest BCUT2D eigenvalue weighted by Gasteiger charge is 2.15. The summed E-state index contributed by atoms with van der Waals surface area (Å²) in [5.41, 5.74) is 0. The molecule has 0 aromatic carbocycles. The van der Waals surface area contributed by atoms with E-state index >= 15 is 0 Å². The SMILES string of the molecule is O=C(NCCN(CCOCCO)C(=O)OCCF)OCCF. The van der Waals surface area contributed by atoms with E-state index in [0.717, 1.165) is 0 Å². The minimum atomic E-state index is -0.800. The fraction of sp³-hybridized carbons (Fsp3) is 0.833. The Hall–Kier alpha value is -1.68. The van der Waals surface area contributed by atoms with Crippen LogP contribution in [0.5, 0.6) is 0 Å². The molecule has 0 spiro atoms. The van der Waals surface area contributed by atoms with Gasteiger partial charge < -0.3 is 29.5 Å². The quantitative estimate of drug-likeness (QED) is 0.493. The number of alkyl halides is 2. The van der Waals surface area contributed by atoms with Crippen LogP contribution in [0.3, 0.4) is 0 Å². The van der Waals surface area contributed by atoms with E-state index in [2.05, 4.69) is 14.8 Å². The fourth-order valence-corrected chi connectivity index (χ4v) is 1.33. The van der Waals surface area contributed by atoms with Gasteiger partial charge >= 0.3 is 12.2 Å². The highest BCUT2D eigenvalue weighted by molar-refractivity contribution is 5.68. The average Bonchev–Trinajstić information content (AvgIpc) is 2.52. The molecule has 0 unspecified atom stereocenters. The summed E-state index contributed by atoms with van der Waals surface area (Å²) in [7, 11) is 0. The second-order valence-electron chi connectivity index (χ2n) is 3.88. The van der Waals surface area contributed by atoms with Crippen molar-refractivity contribution >= 4 is 12.2 Å². The highest BCUT2D eigenvalue weighted by atomic mass is 19.1. The predicted octanol–water partition coefficient (Wildman–Crippen LogP) is 0.0991. The number of hydrogen-bond donors (Lipinski definition) is 2. The van der Waals surface area contributed by atoms with Crippen molar-refractivity contribution in [3.63, 3.8) is 0 Å². The van der Waals surface area contributed by atoms with Crippen molar-refractivity contribution in [3.8, 4) is 0 Å². The standard InChI is InChI=1S/C12H22F2N2O6/c13-1-7-21-11(18)15-3-4-16(5-9-20-10-6-17)12(19)22-8-2-14/h17H,1-10H2,(H,15,18). The third-order valence-electron chi connectivity index (χ3n) is 2.26. The van der Waals surface area contributed by atoms with Crippen molar-refractivity contribution in [1.29, 1.82) is 0 Å². The van der Waals surface area contributed by atoms with E-state index in [-0.39, 0.29) is 52.7 Å². The zero-order valence-electron chi connectivity index (χ0n) is 12.3. The first-order valence-electron chi connectivity index (χ1n) is 6.78. The van der Waals surface area contributed by atoms with E-state index in [4.69, 9.17) is 9.84 Å². The number of aliphatic hydroxyl groups is 1. The molecular formula is C12H22F2N2O6. The second-order valence-corrected chi connectivity index (χ2v) is 3.88. The van der Waals surface area contributed by atoms with Crippen molar-refractivity contribution in [2.24, 2.45) is 0 Å². The lowest BCUT2D eigenvalue weighted by molar-refractivity contribution is 0.0591. The summed E-state index contributed by atoms with van der Waals surface area (Å²) < 4.78 is 37.9. The van der Waals surface area contributed by atoms with Crippen molar-refractivity contribution < 1.29 is 37.7 Å². The Labute approximate surface area is 127 Å². The van der Waals surface area contributed by atoms with Crippen LogP contribution in [0.15, 0.2) is 0 Å². The molecule has 2 amide bonds. The van der Waals surface area contributed by atoms with Crippen molar-refractivity contribution in [3.05, 3.63) is 0 Å². The Kier molecular flexibility index (Phi) is 13.2. The molecule has 0 radical (unpaired) electrons. The van der Waals surface area contributed by atoms with Gasteiger partial charge in [0.2, 0.25) is 0 Å². The van der Waals surface area contributed by atoms with E-state index < -0.39 is 25.5 Å². The zero-order valence-corrected chi connectivity index (χ0v) is 12.3. The molecule has 0 aliphatic rings. The number of alkyl carbamates (subject to hydrolysis) is 1. The van der Waals surface area contributed by atoms with Gasteiger partial charge in [0, 0.05) is 19.6 Å². The van der Waals surface area contributed by atoms with Crippen LogP contribution >= 0.6 is 0 Å². The first-order valence-corrected chi connectivity index (χ1v) is 6.78. The summed E-state index contributed by atoms with van der Waals surface area (Å²) >= 11 is 0. The van der Waals surface area contributed by atoms with Crippen LogP contribution < -0.4 is 5.32 Å². The van der Waals surface area contributed by atoms with E-state index in [1.807, 2.05) is 0 Å². The van der Waals surface area contributed by atoms with Gasteiger partial charge in [0.25, 0.3) is 0 Å². The van der Waals surface area contributed by atoms with Crippen molar-refractivity contribution in [2.75, 3.05) is 66.0 Å². The van der Waals surface area contributed by atoms with Crippen LogP contribution in [0.2, 0.25) is 0 Å². The second kappa shape index (κ2) is 14.3. The van der Waals surface area contributed by atoms with Gasteiger partial charge in [-0.25, -0.2) is 18.4 Å². The number of nitrogens with one attached hydrogen (secondary N) is 1. The maximum absolute atomic E-state index is 12.0. The van der Waals surface area contributed by atoms with E-state index in [1.54, 1.807) is 0 Å². The first-order chi connectivity index (χ1) is 10.7. The molecular weight excluding hydrogens is 306 g/mol. The van der Waals surface area contributed by atoms with Crippen LogP contribution in [-0.2, 0) is 14.2 Å².